The van der Waals surface area contributed by atoms with E-state index in [9.17, 15) is 0 Å². The molecule has 0 unspecified atom stereocenters. The minimum absolute atomic E-state index is 0.320. The third-order valence-corrected chi connectivity index (χ3v) is 6.79. The lowest BCUT2D eigenvalue weighted by Crippen LogP contribution is -2.46. The average Bonchev–Trinajstić information content (AvgIpc) is 3.51. The number of aromatic nitrogens is 2. The van der Waals surface area contributed by atoms with Crippen LogP contribution in [0, 0.1) is 0 Å². The average molecular weight is 432 g/mol. The molecule has 0 amide bonds. The third-order valence-electron chi connectivity index (χ3n) is 6.79. The summed E-state index contributed by atoms with van der Waals surface area (Å²) in [5.41, 5.74) is 2.27. The van der Waals surface area contributed by atoms with E-state index in [-0.39, 0.29) is 0 Å². The molecular formula is C25H29N5O2. The molecule has 0 spiro atoms. The van der Waals surface area contributed by atoms with Crippen LogP contribution in [0.15, 0.2) is 42.5 Å². The lowest BCUT2D eigenvalue weighted by molar-refractivity contribution is 0.174. The number of hydrogen-bond donors (Lipinski definition) is 1. The number of rotatable bonds is 5. The predicted octanol–water partition coefficient (Wildman–Crippen LogP) is 4.04. The van der Waals surface area contributed by atoms with Crippen LogP contribution >= 0.6 is 0 Å². The van der Waals surface area contributed by atoms with E-state index in [4.69, 9.17) is 19.4 Å². The first-order valence-electron chi connectivity index (χ1n) is 11.7. The Bertz CT molecular complexity index is 1110. The van der Waals surface area contributed by atoms with Crippen molar-refractivity contribution >= 4 is 22.7 Å². The van der Waals surface area contributed by atoms with Crippen LogP contribution in [0.2, 0.25) is 0 Å². The largest absolute Gasteiger partial charge is 0.454 e. The van der Waals surface area contributed by atoms with Crippen molar-refractivity contribution in [3.63, 3.8) is 0 Å². The summed E-state index contributed by atoms with van der Waals surface area (Å²) in [6.07, 6.45) is 5.07. The van der Waals surface area contributed by atoms with E-state index in [0.717, 1.165) is 66.9 Å². The van der Waals surface area contributed by atoms with Gasteiger partial charge >= 0.3 is 0 Å². The van der Waals surface area contributed by atoms with E-state index >= 15 is 0 Å². The Morgan fingerprint density at radius 3 is 2.59 bits per heavy atom. The van der Waals surface area contributed by atoms with E-state index in [1.807, 2.05) is 6.07 Å². The number of benzene rings is 2. The van der Waals surface area contributed by atoms with Gasteiger partial charge in [-0.1, -0.05) is 31.0 Å². The zero-order chi connectivity index (χ0) is 21.3. The van der Waals surface area contributed by atoms with Crippen molar-refractivity contribution in [2.45, 2.75) is 38.3 Å². The lowest BCUT2D eigenvalue weighted by atomic mass is 10.1. The number of anilines is 2. The van der Waals surface area contributed by atoms with Crippen molar-refractivity contribution in [1.29, 1.82) is 0 Å². The molecule has 1 aromatic heterocycles. The second kappa shape index (κ2) is 8.47. The van der Waals surface area contributed by atoms with Gasteiger partial charge in [0.05, 0.1) is 5.52 Å². The maximum absolute atomic E-state index is 5.53. The first-order valence-corrected chi connectivity index (χ1v) is 11.7. The Balaban J connectivity index is 1.16. The van der Waals surface area contributed by atoms with Gasteiger partial charge in [-0.3, -0.25) is 4.90 Å². The zero-order valence-corrected chi connectivity index (χ0v) is 18.3. The van der Waals surface area contributed by atoms with Crippen molar-refractivity contribution in [3.05, 3.63) is 48.0 Å². The lowest BCUT2D eigenvalue weighted by Gasteiger charge is -2.35. The highest BCUT2D eigenvalue weighted by Gasteiger charge is 2.23. The highest BCUT2D eigenvalue weighted by atomic mass is 16.7. The highest BCUT2D eigenvalue weighted by molar-refractivity contribution is 5.90. The van der Waals surface area contributed by atoms with Crippen LogP contribution in [0.1, 0.15) is 31.2 Å². The molecule has 2 aliphatic heterocycles. The number of ether oxygens (including phenoxy) is 2. The van der Waals surface area contributed by atoms with Gasteiger partial charge in [0.15, 0.2) is 11.5 Å². The van der Waals surface area contributed by atoms with Crippen LogP contribution < -0.4 is 19.7 Å². The van der Waals surface area contributed by atoms with Crippen molar-refractivity contribution in [2.75, 3.05) is 43.2 Å². The van der Waals surface area contributed by atoms with Crippen molar-refractivity contribution in [3.8, 4) is 11.5 Å². The molecular weight excluding hydrogens is 402 g/mol. The smallest absolute Gasteiger partial charge is 0.231 e. The Morgan fingerprint density at radius 2 is 1.72 bits per heavy atom. The molecule has 2 fully saturated rings. The molecule has 7 nitrogen and oxygen atoms in total. The van der Waals surface area contributed by atoms with Crippen molar-refractivity contribution in [1.82, 2.24) is 14.9 Å². The summed E-state index contributed by atoms with van der Waals surface area (Å²) in [6.45, 7) is 5.04. The normalized spacial score (nSPS) is 19.1. The fraction of sp³-hybridized carbons (Fsp3) is 0.440. The number of piperazine rings is 1. The molecule has 32 heavy (non-hydrogen) atoms. The quantitative estimate of drug-likeness (QED) is 0.654. The summed E-state index contributed by atoms with van der Waals surface area (Å²) in [5, 5.41) is 4.83. The van der Waals surface area contributed by atoms with Gasteiger partial charge in [-0.25, -0.2) is 4.98 Å². The van der Waals surface area contributed by atoms with Crippen LogP contribution in [0.3, 0.4) is 0 Å². The summed E-state index contributed by atoms with van der Waals surface area (Å²) >= 11 is 0. The van der Waals surface area contributed by atoms with Gasteiger partial charge < -0.3 is 19.7 Å². The molecule has 1 saturated heterocycles. The van der Waals surface area contributed by atoms with Gasteiger partial charge in [0.25, 0.3) is 0 Å². The van der Waals surface area contributed by atoms with E-state index in [0.29, 0.717) is 12.8 Å². The van der Waals surface area contributed by atoms with Gasteiger partial charge in [0.1, 0.15) is 5.82 Å². The van der Waals surface area contributed by atoms with Crippen LogP contribution in [0.5, 0.6) is 11.5 Å². The Labute approximate surface area is 188 Å². The van der Waals surface area contributed by atoms with Gasteiger partial charge in [-0.2, -0.15) is 4.98 Å². The fourth-order valence-electron chi connectivity index (χ4n) is 4.98. The van der Waals surface area contributed by atoms with Crippen molar-refractivity contribution in [2.24, 2.45) is 0 Å². The zero-order valence-electron chi connectivity index (χ0n) is 18.3. The first-order chi connectivity index (χ1) is 15.8. The van der Waals surface area contributed by atoms with Crippen LogP contribution in [-0.4, -0.2) is 53.9 Å². The monoisotopic (exact) mass is 431 g/mol. The minimum atomic E-state index is 0.320. The number of hydrogen-bond acceptors (Lipinski definition) is 7. The fourth-order valence-corrected chi connectivity index (χ4v) is 4.98. The minimum Gasteiger partial charge on any atom is -0.454 e. The van der Waals surface area contributed by atoms with Gasteiger partial charge in [0.2, 0.25) is 12.7 Å². The molecule has 6 rings (SSSR count). The molecule has 2 aromatic carbocycles. The number of nitrogens with one attached hydrogen (secondary N) is 1. The standard InChI is InChI=1S/C25H29N5O2/c1-2-6-19(5-1)26-24-20-7-3-4-8-21(20)27-25(28-24)30-13-11-29(12-14-30)16-18-9-10-22-23(15-18)32-17-31-22/h3-4,7-10,15,19H,1-2,5-6,11-14,16-17H2,(H,26,27,28). The predicted molar refractivity (Wildman–Crippen MR) is 125 cm³/mol. The summed E-state index contributed by atoms with van der Waals surface area (Å²) in [7, 11) is 0. The Kier molecular flexibility index (Phi) is 5.19. The van der Waals surface area contributed by atoms with Gasteiger partial charge in [-0.15, -0.1) is 0 Å². The molecule has 0 radical (unpaired) electrons. The number of para-hydroxylation sites is 1. The van der Waals surface area contributed by atoms with Gasteiger partial charge in [0, 0.05) is 44.2 Å². The summed E-state index contributed by atoms with van der Waals surface area (Å²) in [4.78, 5) is 14.7. The maximum atomic E-state index is 5.53. The molecule has 1 saturated carbocycles. The topological polar surface area (TPSA) is 62.8 Å². The molecule has 3 aromatic rings. The van der Waals surface area contributed by atoms with Crippen LogP contribution in [0.4, 0.5) is 11.8 Å². The molecule has 3 heterocycles. The summed E-state index contributed by atoms with van der Waals surface area (Å²) in [6, 6.07) is 15.1. The second-order valence-corrected chi connectivity index (χ2v) is 8.97. The van der Waals surface area contributed by atoms with E-state index in [1.54, 1.807) is 0 Å². The van der Waals surface area contributed by atoms with Gasteiger partial charge in [-0.05, 0) is 42.7 Å². The molecule has 0 atom stereocenters. The highest BCUT2D eigenvalue weighted by Crippen LogP contribution is 2.33. The molecule has 3 aliphatic rings. The Morgan fingerprint density at radius 1 is 0.906 bits per heavy atom. The third kappa shape index (κ3) is 3.93. The number of fused-ring (bicyclic) bond motifs is 2. The first kappa shape index (κ1) is 19.6. The SMILES string of the molecule is c1ccc2c(NC3CCCC3)nc(N3CCN(Cc4ccc5c(c4)OCO5)CC3)nc2c1. The summed E-state index contributed by atoms with van der Waals surface area (Å²) < 4.78 is 11.0. The molecule has 7 heteroatoms. The van der Waals surface area contributed by atoms with Crippen LogP contribution in [0.25, 0.3) is 10.9 Å². The molecule has 1 N–H and O–H groups in total. The summed E-state index contributed by atoms with van der Waals surface area (Å²) in [5.74, 6) is 3.52. The number of nitrogens with zero attached hydrogens (tertiary/aromatic N) is 4. The van der Waals surface area contributed by atoms with Crippen LogP contribution in [-0.2, 0) is 6.54 Å². The van der Waals surface area contributed by atoms with Crippen molar-refractivity contribution < 1.29 is 9.47 Å². The molecule has 166 valence electrons. The maximum Gasteiger partial charge on any atom is 0.231 e. The van der Waals surface area contributed by atoms with E-state index < -0.39 is 0 Å². The molecule has 0 bridgehead atoms. The molecule has 1 aliphatic carbocycles. The van der Waals surface area contributed by atoms with E-state index in [1.165, 1.54) is 31.2 Å². The second-order valence-electron chi connectivity index (χ2n) is 8.97. The van der Waals surface area contributed by atoms with E-state index in [2.05, 4.69) is 51.5 Å². The Hall–Kier alpha value is -3.06.